The van der Waals surface area contributed by atoms with Crippen molar-refractivity contribution in [2.24, 2.45) is 0 Å². The molecule has 0 bridgehead atoms. The summed E-state index contributed by atoms with van der Waals surface area (Å²) >= 11 is 5.19. The summed E-state index contributed by atoms with van der Waals surface area (Å²) in [5.41, 5.74) is 3.89. The van der Waals surface area contributed by atoms with E-state index in [0.29, 0.717) is 12.1 Å². The third-order valence-electron chi connectivity index (χ3n) is 3.15. The zero-order valence-corrected chi connectivity index (χ0v) is 13.6. The molecule has 2 aliphatic rings. The largest absolute Gasteiger partial charge is 0.391 e. The summed E-state index contributed by atoms with van der Waals surface area (Å²) in [6.45, 7) is 9.09. The average Bonchev–Trinajstić information content (AvgIpc) is 2.68. The van der Waals surface area contributed by atoms with Crippen LogP contribution in [0.4, 0.5) is 0 Å². The summed E-state index contributed by atoms with van der Waals surface area (Å²) in [5.74, 6) is -0.375. The van der Waals surface area contributed by atoms with Crippen molar-refractivity contribution in [3.8, 4) is 0 Å². The highest BCUT2D eigenvalue weighted by atomic mass is 127. The van der Waals surface area contributed by atoms with E-state index in [2.05, 4.69) is 43.1 Å². The predicted octanol–water partition coefficient (Wildman–Crippen LogP) is 3.63. The van der Waals surface area contributed by atoms with Crippen LogP contribution in [0.2, 0.25) is 0 Å². The molecule has 18 heavy (non-hydrogen) atoms. The van der Waals surface area contributed by atoms with Gasteiger partial charge in [0.1, 0.15) is 0 Å². The molecule has 0 saturated carbocycles. The Morgan fingerprint density at radius 1 is 1.61 bits per heavy atom. The minimum atomic E-state index is -0.375. The Kier molecular flexibility index (Phi) is 4.32. The summed E-state index contributed by atoms with van der Waals surface area (Å²) in [6.07, 6.45) is 4.28. The van der Waals surface area contributed by atoms with Crippen molar-refractivity contribution in [2.45, 2.75) is 12.8 Å². The fourth-order valence-electron chi connectivity index (χ4n) is 2.18. The number of rotatable bonds is 3. The van der Waals surface area contributed by atoms with Crippen LogP contribution >= 0.6 is 38.9 Å². The normalized spacial score (nSPS) is 18.7. The number of hydrogen-bond donors (Lipinski definition) is 0. The number of likely N-dealkylation sites (tertiary alicyclic amines) is 1. The second kappa shape index (κ2) is 5.61. The molecule has 1 fully saturated rings. The summed E-state index contributed by atoms with van der Waals surface area (Å²) < 4.78 is 5.88. The molecule has 1 aliphatic carbocycles. The molecule has 5 heteroatoms. The van der Waals surface area contributed by atoms with Crippen LogP contribution in [0.5, 0.6) is 0 Å². The minimum absolute atomic E-state index is 0.375. The molecule has 2 rings (SSSR count). The summed E-state index contributed by atoms with van der Waals surface area (Å²) in [4.78, 5) is 13.4. The number of carbonyl (C=O) groups excluding carboxylic acids is 1. The quantitative estimate of drug-likeness (QED) is 0.514. The highest BCUT2D eigenvalue weighted by Gasteiger charge is 2.29. The van der Waals surface area contributed by atoms with Crippen molar-refractivity contribution in [3.05, 3.63) is 46.1 Å². The monoisotopic (exact) mass is 421 g/mol. The van der Waals surface area contributed by atoms with Gasteiger partial charge in [0.2, 0.25) is 0 Å². The van der Waals surface area contributed by atoms with Crippen LogP contribution in [0.15, 0.2) is 46.1 Å². The molecular weight excluding hydrogens is 409 g/mol. The van der Waals surface area contributed by atoms with Gasteiger partial charge in [-0.3, -0.25) is 0 Å². The van der Waals surface area contributed by atoms with E-state index in [1.165, 1.54) is 15.6 Å². The number of hydrogen-bond acceptors (Lipinski definition) is 3. The Morgan fingerprint density at radius 3 is 2.94 bits per heavy atom. The second-order valence-electron chi connectivity index (χ2n) is 4.31. The second-order valence-corrected chi connectivity index (χ2v) is 5.71. The van der Waals surface area contributed by atoms with Gasteiger partial charge < -0.3 is 7.97 Å². The summed E-state index contributed by atoms with van der Waals surface area (Å²) in [5, 5.41) is 0. The molecule has 0 aromatic heterocycles. The highest BCUT2D eigenvalue weighted by molar-refractivity contribution is 14.1. The van der Waals surface area contributed by atoms with Crippen LogP contribution in [0.3, 0.4) is 0 Å². The molecule has 96 valence electrons. The van der Waals surface area contributed by atoms with Gasteiger partial charge in [0.15, 0.2) is 23.0 Å². The SMILES string of the molecule is C=C(CN1CC2=C(Br)CCC=C2C1=C)C(=O)OI. The number of carbonyl (C=O) groups is 1. The maximum absolute atomic E-state index is 11.4. The fourth-order valence-corrected chi connectivity index (χ4v) is 3.06. The molecule has 0 N–H and O–H groups in total. The van der Waals surface area contributed by atoms with Gasteiger partial charge in [-0.1, -0.05) is 35.2 Å². The molecule has 0 radical (unpaired) electrons. The van der Waals surface area contributed by atoms with Crippen molar-refractivity contribution in [1.29, 1.82) is 0 Å². The van der Waals surface area contributed by atoms with E-state index in [1.807, 2.05) is 0 Å². The first kappa shape index (κ1) is 13.9. The van der Waals surface area contributed by atoms with E-state index in [0.717, 1.165) is 25.1 Å². The highest BCUT2D eigenvalue weighted by Crippen LogP contribution is 2.39. The summed E-state index contributed by atoms with van der Waals surface area (Å²) in [6, 6.07) is 0. The summed E-state index contributed by atoms with van der Waals surface area (Å²) in [7, 11) is 0. The van der Waals surface area contributed by atoms with Crippen molar-refractivity contribution < 1.29 is 7.86 Å². The maximum Gasteiger partial charge on any atom is 0.344 e. The first-order valence-corrected chi connectivity index (χ1v) is 7.25. The molecule has 1 aliphatic heterocycles. The van der Waals surface area contributed by atoms with Gasteiger partial charge in [0.25, 0.3) is 0 Å². The van der Waals surface area contributed by atoms with Gasteiger partial charge >= 0.3 is 5.97 Å². The smallest absolute Gasteiger partial charge is 0.344 e. The van der Waals surface area contributed by atoms with Crippen molar-refractivity contribution in [3.63, 3.8) is 0 Å². The predicted molar refractivity (Wildman–Crippen MR) is 83.2 cm³/mol. The van der Waals surface area contributed by atoms with Crippen LogP contribution in [0, 0.1) is 0 Å². The number of fused-ring (bicyclic) bond motifs is 1. The Hall–Kier alpha value is -0.560. The first-order valence-electron chi connectivity index (χ1n) is 5.57. The lowest BCUT2D eigenvalue weighted by Crippen LogP contribution is -2.23. The van der Waals surface area contributed by atoms with Gasteiger partial charge in [0, 0.05) is 23.3 Å². The Labute approximate surface area is 129 Å². The van der Waals surface area contributed by atoms with Crippen LogP contribution < -0.4 is 0 Å². The molecule has 0 aromatic rings. The van der Waals surface area contributed by atoms with Crippen molar-refractivity contribution >= 4 is 44.9 Å². The average molecular weight is 422 g/mol. The lowest BCUT2D eigenvalue weighted by Gasteiger charge is -2.18. The van der Waals surface area contributed by atoms with E-state index in [1.54, 1.807) is 23.0 Å². The van der Waals surface area contributed by atoms with Crippen molar-refractivity contribution in [2.75, 3.05) is 13.1 Å². The number of halogens is 2. The van der Waals surface area contributed by atoms with Gasteiger partial charge in [-0.25, -0.2) is 4.79 Å². The molecule has 1 heterocycles. The Balaban J connectivity index is 2.14. The molecule has 0 aromatic carbocycles. The maximum atomic E-state index is 11.4. The third kappa shape index (κ3) is 2.56. The first-order chi connectivity index (χ1) is 8.54. The topological polar surface area (TPSA) is 29.5 Å². The van der Waals surface area contributed by atoms with Gasteiger partial charge in [-0.05, 0) is 24.0 Å². The molecule has 0 amide bonds. The molecule has 0 spiro atoms. The van der Waals surface area contributed by atoms with Crippen LogP contribution in [-0.4, -0.2) is 24.0 Å². The molecule has 0 atom stereocenters. The van der Waals surface area contributed by atoms with E-state index < -0.39 is 0 Å². The lowest BCUT2D eigenvalue weighted by atomic mass is 9.99. The van der Waals surface area contributed by atoms with E-state index in [9.17, 15) is 4.79 Å². The van der Waals surface area contributed by atoms with Crippen LogP contribution in [0.1, 0.15) is 12.8 Å². The van der Waals surface area contributed by atoms with E-state index in [-0.39, 0.29) is 5.97 Å². The Bertz CT molecular complexity index is 493. The Morgan fingerprint density at radius 2 is 2.33 bits per heavy atom. The molecular formula is C13H13BrINO2. The van der Waals surface area contributed by atoms with Crippen molar-refractivity contribution in [1.82, 2.24) is 4.90 Å². The van der Waals surface area contributed by atoms with Gasteiger partial charge in [-0.2, -0.15) is 0 Å². The standard InChI is InChI=1S/C13H13BrINO2/c1-8(13(17)18-15)6-16-7-11-10(9(16)2)4-3-5-12(11)14/h4H,1-3,5-7H2. The van der Waals surface area contributed by atoms with Gasteiger partial charge in [-0.15, -0.1) is 0 Å². The zero-order chi connectivity index (χ0) is 13.3. The third-order valence-corrected chi connectivity index (χ3v) is 4.42. The van der Waals surface area contributed by atoms with Crippen LogP contribution in [0.25, 0.3) is 0 Å². The minimum Gasteiger partial charge on any atom is -0.391 e. The molecule has 3 nitrogen and oxygen atoms in total. The number of allylic oxidation sites excluding steroid dienone is 3. The zero-order valence-electron chi connectivity index (χ0n) is 9.84. The lowest BCUT2D eigenvalue weighted by molar-refractivity contribution is -0.127. The van der Waals surface area contributed by atoms with E-state index >= 15 is 0 Å². The number of nitrogens with zero attached hydrogens (tertiary/aromatic N) is 1. The van der Waals surface area contributed by atoms with E-state index in [4.69, 9.17) is 0 Å². The fraction of sp³-hybridized carbons (Fsp3) is 0.308. The molecule has 0 unspecified atom stereocenters. The molecule has 1 saturated heterocycles. The van der Waals surface area contributed by atoms with Gasteiger partial charge in [0.05, 0.1) is 5.57 Å². The van der Waals surface area contributed by atoms with Crippen LogP contribution in [-0.2, 0) is 7.86 Å².